The lowest BCUT2D eigenvalue weighted by Gasteiger charge is -2.21. The number of benzene rings is 1. The second kappa shape index (κ2) is 6.42. The first kappa shape index (κ1) is 14.4. The zero-order chi connectivity index (χ0) is 13.8. The molecule has 19 heavy (non-hydrogen) atoms. The third-order valence-corrected chi connectivity index (χ3v) is 3.88. The molecule has 0 amide bonds. The molecule has 1 saturated carbocycles. The summed E-state index contributed by atoms with van der Waals surface area (Å²) in [6.45, 7) is 9.65. The smallest absolute Gasteiger partial charge is 0.123 e. The van der Waals surface area contributed by atoms with E-state index in [0.717, 1.165) is 24.8 Å². The second-order valence-electron chi connectivity index (χ2n) is 5.92. The predicted molar refractivity (Wildman–Crippen MR) is 81.0 cm³/mol. The van der Waals surface area contributed by atoms with Crippen LogP contribution in [0, 0.1) is 20.8 Å². The van der Waals surface area contributed by atoms with Crippen molar-refractivity contribution in [2.45, 2.75) is 65.5 Å². The topological polar surface area (TPSA) is 21.3 Å². The minimum atomic E-state index is 0.297. The molecular weight excluding hydrogens is 234 g/mol. The van der Waals surface area contributed by atoms with Crippen LogP contribution >= 0.6 is 0 Å². The van der Waals surface area contributed by atoms with E-state index >= 15 is 0 Å². The van der Waals surface area contributed by atoms with Crippen molar-refractivity contribution in [3.63, 3.8) is 0 Å². The number of hydrogen-bond donors (Lipinski definition) is 1. The molecule has 1 N–H and O–H groups in total. The van der Waals surface area contributed by atoms with Crippen molar-refractivity contribution in [3.05, 3.63) is 28.8 Å². The lowest BCUT2D eigenvalue weighted by molar-refractivity contribution is 0.184. The fourth-order valence-electron chi connectivity index (χ4n) is 2.41. The van der Waals surface area contributed by atoms with Crippen LogP contribution in [0.25, 0.3) is 0 Å². The highest BCUT2D eigenvalue weighted by Gasteiger charge is 2.22. The number of aryl methyl sites for hydroxylation is 2. The zero-order valence-electron chi connectivity index (χ0n) is 12.8. The molecule has 0 spiro atoms. The van der Waals surface area contributed by atoms with Gasteiger partial charge in [-0.2, -0.15) is 0 Å². The van der Waals surface area contributed by atoms with Gasteiger partial charge in [-0.15, -0.1) is 0 Å². The third-order valence-electron chi connectivity index (χ3n) is 3.88. The van der Waals surface area contributed by atoms with Crippen molar-refractivity contribution in [2.24, 2.45) is 0 Å². The summed E-state index contributed by atoms with van der Waals surface area (Å²) in [4.78, 5) is 0. The Labute approximate surface area is 117 Å². The van der Waals surface area contributed by atoms with Crippen molar-refractivity contribution >= 4 is 0 Å². The molecule has 1 aromatic rings. The zero-order valence-corrected chi connectivity index (χ0v) is 12.8. The maximum Gasteiger partial charge on any atom is 0.123 e. The molecule has 1 aliphatic rings. The summed E-state index contributed by atoms with van der Waals surface area (Å²) < 4.78 is 6.26. The molecule has 1 atom stereocenters. The molecule has 0 radical (unpaired) electrons. The van der Waals surface area contributed by atoms with Gasteiger partial charge >= 0.3 is 0 Å². The lowest BCUT2D eigenvalue weighted by Crippen LogP contribution is -2.32. The Morgan fingerprint density at radius 2 is 2.00 bits per heavy atom. The molecule has 1 unspecified atom stereocenters. The molecule has 2 heteroatoms. The number of ether oxygens (including phenoxy) is 1. The van der Waals surface area contributed by atoms with Gasteiger partial charge in [0.15, 0.2) is 0 Å². The van der Waals surface area contributed by atoms with Crippen LogP contribution in [-0.2, 0) is 0 Å². The normalized spacial score (nSPS) is 16.4. The van der Waals surface area contributed by atoms with Gasteiger partial charge in [-0.1, -0.05) is 19.4 Å². The van der Waals surface area contributed by atoms with E-state index in [0.29, 0.717) is 6.10 Å². The van der Waals surface area contributed by atoms with E-state index in [4.69, 9.17) is 4.74 Å². The lowest BCUT2D eigenvalue weighted by atomic mass is 10.1. The number of nitrogens with one attached hydrogen (secondary N) is 1. The van der Waals surface area contributed by atoms with Crippen molar-refractivity contribution < 1.29 is 4.74 Å². The molecule has 2 rings (SSSR count). The molecule has 0 saturated heterocycles. The van der Waals surface area contributed by atoms with E-state index < -0.39 is 0 Å². The quantitative estimate of drug-likeness (QED) is 0.803. The number of hydrogen-bond acceptors (Lipinski definition) is 2. The maximum absolute atomic E-state index is 6.26. The summed E-state index contributed by atoms with van der Waals surface area (Å²) >= 11 is 0. The Morgan fingerprint density at radius 1 is 1.26 bits per heavy atom. The van der Waals surface area contributed by atoms with Gasteiger partial charge in [0.05, 0.1) is 0 Å². The molecule has 1 fully saturated rings. The fraction of sp³-hybridized carbons (Fsp3) is 0.647. The highest BCUT2D eigenvalue weighted by molar-refractivity contribution is 5.42. The van der Waals surface area contributed by atoms with Crippen molar-refractivity contribution in [2.75, 3.05) is 6.54 Å². The van der Waals surface area contributed by atoms with Crippen LogP contribution in [0.4, 0.5) is 0 Å². The highest BCUT2D eigenvalue weighted by atomic mass is 16.5. The molecule has 106 valence electrons. The SMILES string of the molecule is CCCC(CNC1CC1)Oc1cc(C)cc(C)c1C. The number of rotatable bonds is 7. The van der Waals surface area contributed by atoms with Crippen LogP contribution in [0.5, 0.6) is 5.75 Å². The first-order valence-electron chi connectivity index (χ1n) is 7.58. The highest BCUT2D eigenvalue weighted by Crippen LogP contribution is 2.25. The molecule has 0 bridgehead atoms. The summed E-state index contributed by atoms with van der Waals surface area (Å²) in [5.41, 5.74) is 3.88. The van der Waals surface area contributed by atoms with Gasteiger partial charge in [-0.05, 0) is 62.8 Å². The molecule has 2 nitrogen and oxygen atoms in total. The van der Waals surface area contributed by atoms with Crippen molar-refractivity contribution in [3.8, 4) is 5.75 Å². The Bertz CT molecular complexity index is 424. The second-order valence-corrected chi connectivity index (χ2v) is 5.92. The average Bonchev–Trinajstić information content (AvgIpc) is 3.16. The monoisotopic (exact) mass is 261 g/mol. The molecular formula is C17H27NO. The largest absolute Gasteiger partial charge is 0.489 e. The summed E-state index contributed by atoms with van der Waals surface area (Å²) in [7, 11) is 0. The standard InChI is InChI=1S/C17H27NO/c1-5-6-16(11-18-15-7-8-15)19-17-10-12(2)9-13(3)14(17)4/h9-10,15-16,18H,5-8,11H2,1-4H3. The Morgan fingerprint density at radius 3 is 2.63 bits per heavy atom. The molecule has 0 aliphatic heterocycles. The minimum absolute atomic E-state index is 0.297. The summed E-state index contributed by atoms with van der Waals surface area (Å²) in [5, 5.41) is 3.59. The van der Waals surface area contributed by atoms with Gasteiger partial charge in [0.2, 0.25) is 0 Å². The van der Waals surface area contributed by atoms with Crippen molar-refractivity contribution in [1.82, 2.24) is 5.32 Å². The van der Waals surface area contributed by atoms with E-state index in [-0.39, 0.29) is 0 Å². The maximum atomic E-state index is 6.26. The van der Waals surface area contributed by atoms with Gasteiger partial charge in [0, 0.05) is 12.6 Å². The predicted octanol–water partition coefficient (Wildman–Crippen LogP) is 3.91. The van der Waals surface area contributed by atoms with Gasteiger partial charge < -0.3 is 10.1 Å². The van der Waals surface area contributed by atoms with E-state index in [9.17, 15) is 0 Å². The average molecular weight is 261 g/mol. The molecule has 1 aliphatic carbocycles. The van der Waals surface area contributed by atoms with Crippen LogP contribution < -0.4 is 10.1 Å². The Hall–Kier alpha value is -1.02. The van der Waals surface area contributed by atoms with Crippen LogP contribution in [0.2, 0.25) is 0 Å². The van der Waals surface area contributed by atoms with Crippen LogP contribution in [0.1, 0.15) is 49.3 Å². The van der Waals surface area contributed by atoms with E-state index in [1.165, 1.54) is 36.0 Å². The Kier molecular flexibility index (Phi) is 4.87. The molecule has 0 heterocycles. The van der Waals surface area contributed by atoms with Gasteiger partial charge in [-0.3, -0.25) is 0 Å². The minimum Gasteiger partial charge on any atom is -0.489 e. The molecule has 0 aromatic heterocycles. The van der Waals surface area contributed by atoms with Crippen LogP contribution in [0.3, 0.4) is 0 Å². The van der Waals surface area contributed by atoms with E-state index in [1.807, 2.05) is 0 Å². The van der Waals surface area contributed by atoms with Gasteiger partial charge in [-0.25, -0.2) is 0 Å². The fourth-order valence-corrected chi connectivity index (χ4v) is 2.41. The summed E-state index contributed by atoms with van der Waals surface area (Å²) in [6, 6.07) is 5.14. The first-order chi connectivity index (χ1) is 9.10. The van der Waals surface area contributed by atoms with Crippen LogP contribution in [0.15, 0.2) is 12.1 Å². The van der Waals surface area contributed by atoms with Gasteiger partial charge in [0.25, 0.3) is 0 Å². The molecule has 1 aromatic carbocycles. The Balaban J connectivity index is 2.02. The third kappa shape index (κ3) is 4.24. The summed E-state index contributed by atoms with van der Waals surface area (Å²) in [6.07, 6.45) is 5.25. The van der Waals surface area contributed by atoms with Crippen molar-refractivity contribution in [1.29, 1.82) is 0 Å². The van der Waals surface area contributed by atoms with E-state index in [1.54, 1.807) is 0 Å². The first-order valence-corrected chi connectivity index (χ1v) is 7.58. The van der Waals surface area contributed by atoms with Gasteiger partial charge in [0.1, 0.15) is 11.9 Å². The summed E-state index contributed by atoms with van der Waals surface area (Å²) in [5.74, 6) is 1.06. The van der Waals surface area contributed by atoms with E-state index in [2.05, 4.69) is 45.1 Å². The van der Waals surface area contributed by atoms with Crippen LogP contribution in [-0.4, -0.2) is 18.7 Å².